The van der Waals surface area contributed by atoms with Crippen LogP contribution in [-0.4, -0.2) is 25.3 Å². The van der Waals surface area contributed by atoms with Gasteiger partial charge in [-0.2, -0.15) is 10.1 Å². The molecule has 1 saturated carbocycles. The number of rotatable bonds is 4. The lowest BCUT2D eigenvalue weighted by Crippen LogP contribution is -2.43. The van der Waals surface area contributed by atoms with E-state index in [2.05, 4.69) is 45.7 Å². The third kappa shape index (κ3) is 3.23. The van der Waals surface area contributed by atoms with E-state index in [-0.39, 0.29) is 5.54 Å². The topological polar surface area (TPSA) is 55.6 Å². The van der Waals surface area contributed by atoms with Crippen molar-refractivity contribution in [2.75, 3.05) is 5.32 Å². The monoisotopic (exact) mass is 335 g/mol. The molecule has 0 aliphatic heterocycles. The average molecular weight is 335 g/mol. The fourth-order valence-corrected chi connectivity index (χ4v) is 4.06. The Morgan fingerprint density at radius 2 is 1.88 bits per heavy atom. The van der Waals surface area contributed by atoms with Crippen LogP contribution in [-0.2, 0) is 13.5 Å². The molecule has 130 valence electrons. The second kappa shape index (κ2) is 6.47. The zero-order valence-electron chi connectivity index (χ0n) is 15.0. The van der Waals surface area contributed by atoms with E-state index in [1.54, 1.807) is 0 Å². The summed E-state index contributed by atoms with van der Waals surface area (Å²) in [6, 6.07) is 10.7. The predicted octanol–water partition coefficient (Wildman–Crippen LogP) is 4.03. The zero-order chi connectivity index (χ0) is 17.3. The van der Waals surface area contributed by atoms with Crippen LogP contribution in [0.1, 0.15) is 43.4 Å². The van der Waals surface area contributed by atoms with E-state index in [1.807, 2.05) is 24.9 Å². The first-order valence-electron chi connectivity index (χ1n) is 9.14. The number of nitrogens with one attached hydrogen (secondary N) is 1. The molecule has 3 aromatic rings. The Morgan fingerprint density at radius 1 is 1.12 bits per heavy atom. The summed E-state index contributed by atoms with van der Waals surface area (Å²) in [5.41, 5.74) is 3.27. The summed E-state index contributed by atoms with van der Waals surface area (Å²) < 4.78 is 1.84. The highest BCUT2D eigenvalue weighted by atomic mass is 15.3. The highest BCUT2D eigenvalue weighted by Crippen LogP contribution is 2.34. The molecule has 0 spiro atoms. The van der Waals surface area contributed by atoms with Gasteiger partial charge in [-0.05, 0) is 31.7 Å². The van der Waals surface area contributed by atoms with Crippen LogP contribution in [0.2, 0.25) is 0 Å². The maximum Gasteiger partial charge on any atom is 0.225 e. The summed E-state index contributed by atoms with van der Waals surface area (Å²) in [5, 5.41) is 9.18. The number of nitrogens with zero attached hydrogens (tertiary/aromatic N) is 4. The van der Waals surface area contributed by atoms with Crippen LogP contribution in [0.15, 0.2) is 36.5 Å². The smallest absolute Gasteiger partial charge is 0.225 e. The highest BCUT2D eigenvalue weighted by Gasteiger charge is 2.33. The molecule has 0 atom stereocenters. The van der Waals surface area contributed by atoms with Crippen LogP contribution in [0.4, 0.5) is 5.95 Å². The van der Waals surface area contributed by atoms with E-state index < -0.39 is 0 Å². The second-order valence-corrected chi connectivity index (χ2v) is 7.27. The molecule has 5 nitrogen and oxygen atoms in total. The summed E-state index contributed by atoms with van der Waals surface area (Å²) in [6.07, 6.45) is 9.06. The summed E-state index contributed by atoms with van der Waals surface area (Å²) in [6.45, 7) is 2.00. The van der Waals surface area contributed by atoms with Crippen molar-refractivity contribution in [2.45, 2.75) is 51.0 Å². The van der Waals surface area contributed by atoms with Gasteiger partial charge in [0.05, 0.1) is 11.1 Å². The largest absolute Gasteiger partial charge is 0.348 e. The van der Waals surface area contributed by atoms with E-state index >= 15 is 0 Å². The van der Waals surface area contributed by atoms with Crippen molar-refractivity contribution in [3.8, 4) is 0 Å². The Kier molecular flexibility index (Phi) is 4.15. The SMILES string of the molecule is Cc1nn(C)c2nc(NC3(Cc4ccccc4)CCCCC3)ncc12. The molecule has 5 heteroatoms. The minimum absolute atomic E-state index is 0.0426. The highest BCUT2D eigenvalue weighted by molar-refractivity contribution is 5.78. The number of aryl methyl sites for hydroxylation is 2. The first-order valence-corrected chi connectivity index (χ1v) is 9.14. The van der Waals surface area contributed by atoms with Crippen molar-refractivity contribution >= 4 is 17.0 Å². The zero-order valence-corrected chi connectivity index (χ0v) is 15.0. The van der Waals surface area contributed by atoms with Gasteiger partial charge in [0.25, 0.3) is 0 Å². The lowest BCUT2D eigenvalue weighted by Gasteiger charge is -2.38. The van der Waals surface area contributed by atoms with Crippen molar-refractivity contribution < 1.29 is 0 Å². The molecule has 2 aromatic heterocycles. The van der Waals surface area contributed by atoms with E-state index in [4.69, 9.17) is 4.98 Å². The Labute approximate surface area is 148 Å². The number of hydrogen-bond acceptors (Lipinski definition) is 4. The van der Waals surface area contributed by atoms with Gasteiger partial charge in [0.15, 0.2) is 5.65 Å². The Bertz CT molecular complexity index is 862. The third-order valence-corrected chi connectivity index (χ3v) is 5.34. The number of hydrogen-bond donors (Lipinski definition) is 1. The van der Waals surface area contributed by atoms with Crippen molar-refractivity contribution in [1.82, 2.24) is 19.7 Å². The molecule has 1 aliphatic rings. The molecule has 25 heavy (non-hydrogen) atoms. The molecular weight excluding hydrogens is 310 g/mol. The van der Waals surface area contributed by atoms with Crippen molar-refractivity contribution in [1.29, 1.82) is 0 Å². The van der Waals surface area contributed by atoms with Crippen LogP contribution in [0.3, 0.4) is 0 Å². The van der Waals surface area contributed by atoms with Gasteiger partial charge in [-0.1, -0.05) is 49.6 Å². The van der Waals surface area contributed by atoms with Gasteiger partial charge in [-0.3, -0.25) is 4.68 Å². The number of anilines is 1. The molecule has 1 aliphatic carbocycles. The first-order chi connectivity index (χ1) is 12.2. The number of aromatic nitrogens is 4. The molecule has 2 heterocycles. The average Bonchev–Trinajstić information content (AvgIpc) is 2.90. The lowest BCUT2D eigenvalue weighted by atomic mass is 9.77. The molecule has 0 unspecified atom stereocenters. The quantitative estimate of drug-likeness (QED) is 0.782. The summed E-state index contributed by atoms with van der Waals surface area (Å²) in [4.78, 5) is 9.34. The van der Waals surface area contributed by atoms with Crippen LogP contribution in [0.25, 0.3) is 11.0 Å². The predicted molar refractivity (Wildman–Crippen MR) is 101 cm³/mol. The summed E-state index contributed by atoms with van der Waals surface area (Å²) in [7, 11) is 1.94. The van der Waals surface area contributed by atoms with Crippen molar-refractivity contribution in [3.05, 3.63) is 47.8 Å². The lowest BCUT2D eigenvalue weighted by molar-refractivity contribution is 0.319. The van der Waals surface area contributed by atoms with E-state index in [0.29, 0.717) is 5.95 Å². The molecule has 4 rings (SSSR count). The standard InChI is InChI=1S/C20H25N5/c1-15-17-14-21-19(22-18(17)25(2)24-15)23-20(11-7-4-8-12-20)13-16-9-5-3-6-10-16/h3,5-6,9-10,14H,4,7-8,11-13H2,1-2H3,(H,21,22,23). The van der Waals surface area contributed by atoms with Gasteiger partial charge in [-0.15, -0.1) is 0 Å². The summed E-state index contributed by atoms with van der Waals surface area (Å²) >= 11 is 0. The Morgan fingerprint density at radius 3 is 2.64 bits per heavy atom. The molecule has 1 N–H and O–H groups in total. The second-order valence-electron chi connectivity index (χ2n) is 7.27. The fourth-order valence-electron chi connectivity index (χ4n) is 4.06. The van der Waals surface area contributed by atoms with Crippen LogP contribution in [0.5, 0.6) is 0 Å². The summed E-state index contributed by atoms with van der Waals surface area (Å²) in [5.74, 6) is 0.716. The normalized spacial score (nSPS) is 16.9. The maximum atomic E-state index is 4.75. The Balaban J connectivity index is 1.65. The minimum atomic E-state index is 0.0426. The number of fused-ring (bicyclic) bond motifs is 1. The molecular formula is C20H25N5. The van der Waals surface area contributed by atoms with Crippen molar-refractivity contribution in [2.24, 2.45) is 7.05 Å². The van der Waals surface area contributed by atoms with Gasteiger partial charge in [0, 0.05) is 18.8 Å². The molecule has 1 aromatic carbocycles. The third-order valence-electron chi connectivity index (χ3n) is 5.34. The molecule has 0 bridgehead atoms. The molecule has 0 radical (unpaired) electrons. The van der Waals surface area contributed by atoms with Gasteiger partial charge >= 0.3 is 0 Å². The van der Waals surface area contributed by atoms with E-state index in [9.17, 15) is 0 Å². The first kappa shape index (κ1) is 16.1. The van der Waals surface area contributed by atoms with Gasteiger partial charge in [0.1, 0.15) is 0 Å². The molecule has 1 fully saturated rings. The van der Waals surface area contributed by atoms with Gasteiger partial charge < -0.3 is 5.32 Å². The van der Waals surface area contributed by atoms with Crippen LogP contribution < -0.4 is 5.32 Å². The van der Waals surface area contributed by atoms with Gasteiger partial charge in [-0.25, -0.2) is 4.98 Å². The maximum absolute atomic E-state index is 4.75. The Hall–Kier alpha value is -2.43. The van der Waals surface area contributed by atoms with Crippen molar-refractivity contribution in [3.63, 3.8) is 0 Å². The minimum Gasteiger partial charge on any atom is -0.348 e. The van der Waals surface area contributed by atoms with E-state index in [0.717, 1.165) is 36.0 Å². The van der Waals surface area contributed by atoms with E-state index in [1.165, 1.54) is 24.8 Å². The van der Waals surface area contributed by atoms with Gasteiger partial charge in [0.2, 0.25) is 5.95 Å². The van der Waals surface area contributed by atoms with Crippen LogP contribution in [0, 0.1) is 6.92 Å². The van der Waals surface area contributed by atoms with Crippen LogP contribution >= 0.6 is 0 Å². The molecule has 0 saturated heterocycles. The molecule has 0 amide bonds. The number of benzene rings is 1. The fraction of sp³-hybridized carbons (Fsp3) is 0.450.